The van der Waals surface area contributed by atoms with E-state index in [0.717, 1.165) is 5.56 Å². The van der Waals surface area contributed by atoms with Gasteiger partial charge in [-0.05, 0) is 24.3 Å². The lowest BCUT2D eigenvalue weighted by Gasteiger charge is -2.10. The molecular formula is C17H15FN4O2. The predicted molar refractivity (Wildman–Crippen MR) is 86.7 cm³/mol. The molecule has 0 bridgehead atoms. The van der Waals surface area contributed by atoms with Crippen molar-refractivity contribution in [2.75, 3.05) is 14.2 Å². The van der Waals surface area contributed by atoms with Crippen molar-refractivity contribution in [1.29, 1.82) is 0 Å². The normalized spacial score (nSPS) is 10.5. The van der Waals surface area contributed by atoms with Gasteiger partial charge in [0, 0.05) is 43.0 Å². The second kappa shape index (κ2) is 6.49. The van der Waals surface area contributed by atoms with Gasteiger partial charge in [-0.3, -0.25) is 9.36 Å². The number of imidazole rings is 1. The molecular weight excluding hydrogens is 311 g/mol. The molecule has 122 valence electrons. The van der Waals surface area contributed by atoms with Gasteiger partial charge in [0.15, 0.2) is 0 Å². The highest BCUT2D eigenvalue weighted by molar-refractivity contribution is 5.94. The maximum Gasteiger partial charge on any atom is 0.254 e. The standard InChI is InChI=1S/C17H15FN4O2/c1-19-17(23)13-10-12(3-4-14(13)18)22-8-7-21-16(22)11-5-6-20-15(9-11)24-2/h3-10H,1-2H3,(H,19,23). The quantitative estimate of drug-likeness (QED) is 0.799. The van der Waals surface area contributed by atoms with Crippen molar-refractivity contribution in [2.24, 2.45) is 0 Å². The SMILES string of the molecule is CNC(=O)c1cc(-n2ccnc2-c2ccnc(OC)c2)ccc1F. The molecule has 3 aromatic rings. The van der Waals surface area contributed by atoms with Gasteiger partial charge in [0.1, 0.15) is 11.6 Å². The second-order valence-electron chi connectivity index (χ2n) is 4.95. The molecule has 0 unspecified atom stereocenters. The Hall–Kier alpha value is -3.22. The molecule has 0 saturated heterocycles. The van der Waals surface area contributed by atoms with E-state index in [1.165, 1.54) is 26.3 Å². The Morgan fingerprint density at radius 1 is 1.21 bits per heavy atom. The maximum absolute atomic E-state index is 13.9. The first-order valence-electron chi connectivity index (χ1n) is 7.20. The van der Waals surface area contributed by atoms with Crippen molar-refractivity contribution >= 4 is 5.91 Å². The Morgan fingerprint density at radius 2 is 2.04 bits per heavy atom. The number of hydrogen-bond acceptors (Lipinski definition) is 4. The van der Waals surface area contributed by atoms with Gasteiger partial charge in [-0.15, -0.1) is 0 Å². The average molecular weight is 326 g/mol. The molecule has 7 heteroatoms. The third kappa shape index (κ3) is 2.83. The third-order valence-electron chi connectivity index (χ3n) is 3.54. The molecule has 1 amide bonds. The van der Waals surface area contributed by atoms with Gasteiger partial charge in [0.05, 0.1) is 12.7 Å². The van der Waals surface area contributed by atoms with Gasteiger partial charge in [-0.25, -0.2) is 14.4 Å². The van der Waals surface area contributed by atoms with E-state index in [0.29, 0.717) is 17.4 Å². The molecule has 24 heavy (non-hydrogen) atoms. The maximum atomic E-state index is 13.9. The Morgan fingerprint density at radius 3 is 2.79 bits per heavy atom. The smallest absolute Gasteiger partial charge is 0.254 e. The van der Waals surface area contributed by atoms with Crippen LogP contribution in [0.4, 0.5) is 4.39 Å². The first kappa shape index (κ1) is 15.7. The number of nitrogens with one attached hydrogen (secondary N) is 1. The number of pyridine rings is 1. The number of nitrogens with zero attached hydrogens (tertiary/aromatic N) is 3. The summed E-state index contributed by atoms with van der Waals surface area (Å²) in [6, 6.07) is 7.88. The molecule has 2 aromatic heterocycles. The second-order valence-corrected chi connectivity index (χ2v) is 4.95. The largest absolute Gasteiger partial charge is 0.481 e. The fourth-order valence-electron chi connectivity index (χ4n) is 2.36. The molecule has 0 aliphatic carbocycles. The van der Waals surface area contributed by atoms with E-state index in [1.54, 1.807) is 41.4 Å². The zero-order valence-corrected chi connectivity index (χ0v) is 13.2. The third-order valence-corrected chi connectivity index (χ3v) is 3.54. The van der Waals surface area contributed by atoms with Crippen molar-refractivity contribution in [3.8, 4) is 23.0 Å². The molecule has 0 spiro atoms. The van der Waals surface area contributed by atoms with Gasteiger partial charge in [-0.2, -0.15) is 0 Å². The molecule has 3 rings (SSSR count). The molecule has 0 aliphatic rings. The van der Waals surface area contributed by atoms with Crippen molar-refractivity contribution in [3.63, 3.8) is 0 Å². The van der Waals surface area contributed by atoms with Crippen molar-refractivity contribution in [2.45, 2.75) is 0 Å². The van der Waals surface area contributed by atoms with Gasteiger partial charge in [0.2, 0.25) is 5.88 Å². The van der Waals surface area contributed by atoms with Crippen LogP contribution in [0.2, 0.25) is 0 Å². The lowest BCUT2D eigenvalue weighted by molar-refractivity contribution is 0.0959. The van der Waals surface area contributed by atoms with Crippen LogP contribution in [0.25, 0.3) is 17.1 Å². The predicted octanol–water partition coefficient (Wildman–Crippen LogP) is 2.44. The van der Waals surface area contributed by atoms with Gasteiger partial charge in [0.25, 0.3) is 5.91 Å². The summed E-state index contributed by atoms with van der Waals surface area (Å²) >= 11 is 0. The Balaban J connectivity index is 2.09. The van der Waals surface area contributed by atoms with E-state index >= 15 is 0 Å². The fraction of sp³-hybridized carbons (Fsp3) is 0.118. The topological polar surface area (TPSA) is 69.0 Å². The summed E-state index contributed by atoms with van der Waals surface area (Å²) in [4.78, 5) is 20.2. The van der Waals surface area contributed by atoms with Crippen LogP contribution in [0.3, 0.4) is 0 Å². The number of hydrogen-bond donors (Lipinski definition) is 1. The number of halogens is 1. The molecule has 1 N–H and O–H groups in total. The molecule has 0 aliphatic heterocycles. The highest BCUT2D eigenvalue weighted by atomic mass is 19.1. The first-order chi connectivity index (χ1) is 11.6. The van der Waals surface area contributed by atoms with Gasteiger partial charge >= 0.3 is 0 Å². The van der Waals surface area contributed by atoms with Crippen LogP contribution in [0.15, 0.2) is 48.9 Å². The number of carbonyl (C=O) groups is 1. The number of carbonyl (C=O) groups excluding carboxylic acids is 1. The van der Waals surface area contributed by atoms with Crippen LogP contribution >= 0.6 is 0 Å². The van der Waals surface area contributed by atoms with Crippen LogP contribution < -0.4 is 10.1 Å². The summed E-state index contributed by atoms with van der Waals surface area (Å²) in [6.45, 7) is 0. The highest BCUT2D eigenvalue weighted by Crippen LogP contribution is 2.24. The number of benzene rings is 1. The first-order valence-corrected chi connectivity index (χ1v) is 7.20. The highest BCUT2D eigenvalue weighted by Gasteiger charge is 2.14. The molecule has 0 fully saturated rings. The number of methoxy groups -OCH3 is 1. The number of aromatic nitrogens is 3. The van der Waals surface area contributed by atoms with E-state index < -0.39 is 11.7 Å². The monoisotopic (exact) mass is 326 g/mol. The van der Waals surface area contributed by atoms with Crippen molar-refractivity contribution in [3.05, 3.63) is 60.3 Å². The van der Waals surface area contributed by atoms with E-state index in [9.17, 15) is 9.18 Å². The van der Waals surface area contributed by atoms with Crippen LogP contribution in [0.1, 0.15) is 10.4 Å². The van der Waals surface area contributed by atoms with Crippen molar-refractivity contribution in [1.82, 2.24) is 19.9 Å². The molecule has 0 radical (unpaired) electrons. The average Bonchev–Trinajstić information content (AvgIpc) is 3.11. The molecule has 6 nitrogen and oxygen atoms in total. The minimum Gasteiger partial charge on any atom is -0.481 e. The number of rotatable bonds is 4. The van der Waals surface area contributed by atoms with Crippen molar-refractivity contribution < 1.29 is 13.9 Å². The van der Waals surface area contributed by atoms with E-state index in [4.69, 9.17) is 4.74 Å². The summed E-state index contributed by atoms with van der Waals surface area (Å²) < 4.78 is 20.8. The summed E-state index contributed by atoms with van der Waals surface area (Å²) in [5.74, 6) is 0.0318. The Kier molecular flexibility index (Phi) is 4.24. The van der Waals surface area contributed by atoms with Gasteiger partial charge < -0.3 is 10.1 Å². The molecule has 1 aromatic carbocycles. The lowest BCUT2D eigenvalue weighted by atomic mass is 10.1. The zero-order chi connectivity index (χ0) is 17.1. The summed E-state index contributed by atoms with van der Waals surface area (Å²) in [7, 11) is 2.99. The Bertz CT molecular complexity index is 892. The van der Waals surface area contributed by atoms with Crippen LogP contribution in [-0.4, -0.2) is 34.6 Å². The molecule has 0 saturated carbocycles. The van der Waals surface area contributed by atoms with Crippen LogP contribution in [0, 0.1) is 5.82 Å². The summed E-state index contributed by atoms with van der Waals surface area (Å²) in [5, 5.41) is 2.43. The minimum absolute atomic E-state index is 0.0260. The summed E-state index contributed by atoms with van der Waals surface area (Å²) in [5.41, 5.74) is 1.39. The minimum atomic E-state index is -0.578. The van der Waals surface area contributed by atoms with Crippen LogP contribution in [0.5, 0.6) is 5.88 Å². The van der Waals surface area contributed by atoms with E-state index in [1.807, 2.05) is 0 Å². The number of ether oxygens (including phenoxy) is 1. The zero-order valence-electron chi connectivity index (χ0n) is 13.2. The summed E-state index contributed by atoms with van der Waals surface area (Å²) in [6.07, 6.45) is 4.99. The van der Waals surface area contributed by atoms with Crippen LogP contribution in [-0.2, 0) is 0 Å². The van der Waals surface area contributed by atoms with Gasteiger partial charge in [-0.1, -0.05) is 0 Å². The number of amides is 1. The fourth-order valence-corrected chi connectivity index (χ4v) is 2.36. The molecule has 2 heterocycles. The molecule has 0 atom stereocenters. The van der Waals surface area contributed by atoms with E-state index in [-0.39, 0.29) is 5.56 Å². The lowest BCUT2D eigenvalue weighted by Crippen LogP contribution is -2.19. The Labute approximate surface area is 137 Å². The van der Waals surface area contributed by atoms with E-state index in [2.05, 4.69) is 15.3 Å².